The summed E-state index contributed by atoms with van der Waals surface area (Å²) < 4.78 is 15.9. The number of carbonyl (C=O) groups is 2. The summed E-state index contributed by atoms with van der Waals surface area (Å²) in [5, 5.41) is 14.4. The van der Waals surface area contributed by atoms with Gasteiger partial charge in [0.15, 0.2) is 0 Å². The number of halogens is 1. The first-order chi connectivity index (χ1) is 15.0. The number of likely N-dealkylation sites (tertiary alicyclic amines) is 1. The number of nitrogens with zero attached hydrogens (tertiary/aromatic N) is 2. The van der Waals surface area contributed by atoms with E-state index in [1.807, 2.05) is 13.8 Å². The van der Waals surface area contributed by atoms with E-state index in [0.717, 1.165) is 6.54 Å². The molecule has 0 aliphatic carbocycles. The van der Waals surface area contributed by atoms with Crippen LogP contribution in [0.25, 0.3) is 10.9 Å². The second kappa shape index (κ2) is 8.19. The Hall–Kier alpha value is -2.38. The molecule has 2 atom stereocenters. The fraction of sp³-hybridized carbons (Fsp3) is 0.560. The number of rotatable bonds is 4. The zero-order valence-electron chi connectivity index (χ0n) is 19.2. The highest BCUT2D eigenvalue weighted by Crippen LogP contribution is 2.47. The molecule has 2 saturated heterocycles. The van der Waals surface area contributed by atoms with Crippen molar-refractivity contribution in [1.29, 1.82) is 0 Å². The number of benzene rings is 1. The second-order valence-electron chi connectivity index (χ2n) is 10.4. The molecule has 172 valence electrons. The third-order valence-electron chi connectivity index (χ3n) is 7.06. The van der Waals surface area contributed by atoms with Crippen molar-refractivity contribution >= 4 is 22.7 Å². The first-order valence-corrected chi connectivity index (χ1v) is 11.4. The summed E-state index contributed by atoms with van der Waals surface area (Å²) in [6, 6.07) is 5.03. The van der Waals surface area contributed by atoms with Gasteiger partial charge in [-0.25, -0.2) is 4.39 Å². The summed E-state index contributed by atoms with van der Waals surface area (Å²) >= 11 is 0. The lowest BCUT2D eigenvalue weighted by Gasteiger charge is -2.51. The monoisotopic (exact) mass is 441 g/mol. The molecule has 2 aliphatic heterocycles. The van der Waals surface area contributed by atoms with Crippen molar-refractivity contribution in [1.82, 2.24) is 15.2 Å². The molecule has 0 spiro atoms. The molecule has 2 aliphatic rings. The van der Waals surface area contributed by atoms with Crippen molar-refractivity contribution in [3.8, 4) is 0 Å². The van der Waals surface area contributed by atoms with Crippen LogP contribution < -0.4 is 5.32 Å². The highest BCUT2D eigenvalue weighted by atomic mass is 19.1. The van der Waals surface area contributed by atoms with Crippen LogP contribution in [0.4, 0.5) is 4.39 Å². The number of pyridine rings is 1. The van der Waals surface area contributed by atoms with Gasteiger partial charge in [-0.2, -0.15) is 0 Å². The van der Waals surface area contributed by atoms with E-state index in [9.17, 15) is 14.7 Å². The molecule has 1 aromatic heterocycles. The van der Waals surface area contributed by atoms with Crippen molar-refractivity contribution in [2.75, 3.05) is 19.6 Å². The summed E-state index contributed by atoms with van der Waals surface area (Å²) in [6.45, 7) is 10.6. The van der Waals surface area contributed by atoms with Crippen molar-refractivity contribution in [3.63, 3.8) is 0 Å². The van der Waals surface area contributed by atoms with Crippen molar-refractivity contribution in [3.05, 3.63) is 41.3 Å². The minimum Gasteiger partial charge on any atom is -0.384 e. The molecule has 6 nitrogen and oxygen atoms in total. The maximum absolute atomic E-state index is 15.9. The zero-order valence-corrected chi connectivity index (χ0v) is 19.2. The standard InChI is InChI=1S/C25H32FN3O3/c1-15(2)13-29-10-9-25(32,24(3,4)14-29)19-6-7-20-18(22(19)26)11-16(12-27-20)17-5-8-21(30)28-23(17)31/h6-7,11-12,15,17,32H,5,8-10,13-14H2,1-4H3,(H,28,30,31). The van der Waals surface area contributed by atoms with Gasteiger partial charge in [0, 0.05) is 48.6 Å². The number of carbonyl (C=O) groups excluding carboxylic acids is 2. The van der Waals surface area contributed by atoms with Crippen LogP contribution in [0, 0.1) is 17.2 Å². The first-order valence-electron chi connectivity index (χ1n) is 11.4. The maximum Gasteiger partial charge on any atom is 0.234 e. The molecule has 2 amide bonds. The summed E-state index contributed by atoms with van der Waals surface area (Å²) in [4.78, 5) is 30.5. The van der Waals surface area contributed by atoms with E-state index >= 15 is 4.39 Å². The molecule has 7 heteroatoms. The molecule has 0 bridgehead atoms. The Balaban J connectivity index is 1.71. The SMILES string of the molecule is CC(C)CN1CCC(O)(c2ccc3ncc(C4CCC(=O)NC4=O)cc3c2F)C(C)(C)C1. The minimum atomic E-state index is -1.32. The van der Waals surface area contributed by atoms with Gasteiger partial charge in [-0.3, -0.25) is 19.9 Å². The number of aromatic nitrogens is 1. The molecule has 2 fully saturated rings. The number of hydrogen-bond acceptors (Lipinski definition) is 5. The lowest BCUT2D eigenvalue weighted by Crippen LogP contribution is -2.56. The van der Waals surface area contributed by atoms with E-state index in [0.29, 0.717) is 48.3 Å². The van der Waals surface area contributed by atoms with Crippen molar-refractivity contribution < 1.29 is 19.1 Å². The molecular formula is C25H32FN3O3. The highest BCUT2D eigenvalue weighted by Gasteiger charge is 2.50. The van der Waals surface area contributed by atoms with Gasteiger partial charge in [-0.05, 0) is 36.5 Å². The minimum absolute atomic E-state index is 0.248. The molecule has 1 aromatic carbocycles. The Kier molecular flexibility index (Phi) is 5.84. The molecule has 3 heterocycles. The fourth-order valence-electron chi connectivity index (χ4n) is 5.30. The number of fused-ring (bicyclic) bond motifs is 1. The van der Waals surface area contributed by atoms with E-state index in [1.165, 1.54) is 0 Å². The number of imide groups is 1. The molecule has 0 radical (unpaired) electrons. The average Bonchev–Trinajstić information content (AvgIpc) is 2.70. The molecule has 2 N–H and O–H groups in total. The fourth-order valence-corrected chi connectivity index (χ4v) is 5.30. The average molecular weight is 442 g/mol. The zero-order chi connectivity index (χ0) is 23.3. The normalized spacial score (nSPS) is 26.5. The largest absolute Gasteiger partial charge is 0.384 e. The van der Waals surface area contributed by atoms with E-state index in [-0.39, 0.29) is 23.8 Å². The number of hydrogen-bond donors (Lipinski definition) is 2. The maximum atomic E-state index is 15.9. The van der Waals surface area contributed by atoms with Crippen LogP contribution in [0.5, 0.6) is 0 Å². The van der Waals surface area contributed by atoms with Crippen LogP contribution in [0.2, 0.25) is 0 Å². The van der Waals surface area contributed by atoms with E-state index < -0.39 is 22.8 Å². The highest BCUT2D eigenvalue weighted by molar-refractivity contribution is 6.01. The van der Waals surface area contributed by atoms with Crippen LogP contribution >= 0.6 is 0 Å². The lowest BCUT2D eigenvalue weighted by atomic mass is 9.66. The molecular weight excluding hydrogens is 409 g/mol. The van der Waals surface area contributed by atoms with Crippen LogP contribution in [0.15, 0.2) is 24.4 Å². The molecule has 2 unspecified atom stereocenters. The number of aliphatic hydroxyl groups is 1. The molecule has 4 rings (SSSR count). The third-order valence-corrected chi connectivity index (χ3v) is 7.06. The smallest absolute Gasteiger partial charge is 0.234 e. The lowest BCUT2D eigenvalue weighted by molar-refractivity contribution is -0.134. The van der Waals surface area contributed by atoms with Crippen molar-refractivity contribution in [2.45, 2.75) is 58.5 Å². The number of nitrogens with one attached hydrogen (secondary N) is 1. The van der Waals surface area contributed by atoms with E-state index in [1.54, 1.807) is 24.4 Å². The van der Waals surface area contributed by atoms with Gasteiger partial charge in [0.25, 0.3) is 0 Å². The van der Waals surface area contributed by atoms with E-state index in [4.69, 9.17) is 0 Å². The van der Waals surface area contributed by atoms with Gasteiger partial charge >= 0.3 is 0 Å². The molecule has 2 aromatic rings. The summed E-state index contributed by atoms with van der Waals surface area (Å²) in [5.74, 6) is -1.17. The Labute approximate surface area is 188 Å². The van der Waals surface area contributed by atoms with Crippen LogP contribution in [-0.4, -0.2) is 46.4 Å². The third kappa shape index (κ3) is 3.92. The van der Waals surface area contributed by atoms with Crippen LogP contribution in [0.3, 0.4) is 0 Å². The van der Waals surface area contributed by atoms with Gasteiger partial charge < -0.3 is 10.0 Å². The molecule has 32 heavy (non-hydrogen) atoms. The summed E-state index contributed by atoms with van der Waals surface area (Å²) in [5.41, 5.74) is -0.536. The number of amides is 2. The van der Waals surface area contributed by atoms with Gasteiger partial charge in [0.2, 0.25) is 11.8 Å². The van der Waals surface area contributed by atoms with Crippen LogP contribution in [0.1, 0.15) is 64.0 Å². The quantitative estimate of drug-likeness (QED) is 0.710. The van der Waals surface area contributed by atoms with Gasteiger partial charge in [-0.15, -0.1) is 0 Å². The van der Waals surface area contributed by atoms with Gasteiger partial charge in [-0.1, -0.05) is 33.8 Å². The Morgan fingerprint density at radius 2 is 2.06 bits per heavy atom. The summed E-state index contributed by atoms with van der Waals surface area (Å²) in [7, 11) is 0. The van der Waals surface area contributed by atoms with Crippen molar-refractivity contribution in [2.24, 2.45) is 11.3 Å². The van der Waals surface area contributed by atoms with Gasteiger partial charge in [0.05, 0.1) is 17.0 Å². The van der Waals surface area contributed by atoms with E-state index in [2.05, 4.69) is 29.0 Å². The Bertz CT molecular complexity index is 1070. The van der Waals surface area contributed by atoms with Gasteiger partial charge in [0.1, 0.15) is 5.82 Å². The number of piperidine rings is 2. The molecule has 0 saturated carbocycles. The van der Waals surface area contributed by atoms with Crippen LogP contribution in [-0.2, 0) is 15.2 Å². The predicted molar refractivity (Wildman–Crippen MR) is 120 cm³/mol. The Morgan fingerprint density at radius 3 is 2.72 bits per heavy atom. The Morgan fingerprint density at radius 1 is 1.31 bits per heavy atom. The first kappa shape index (κ1) is 22.8. The topological polar surface area (TPSA) is 82.5 Å². The predicted octanol–water partition coefficient (Wildman–Crippen LogP) is 3.47. The second-order valence-corrected chi connectivity index (χ2v) is 10.4. The summed E-state index contributed by atoms with van der Waals surface area (Å²) in [6.07, 6.45) is 2.64.